The minimum Gasteiger partial charge on any atom is -0.468 e. The van der Waals surface area contributed by atoms with Crippen LogP contribution in [0.3, 0.4) is 0 Å². The number of likely N-dealkylation sites (N-methyl/N-ethyl adjacent to an activating group) is 1. The highest BCUT2D eigenvalue weighted by Gasteiger charge is 2.20. The Kier molecular flexibility index (Phi) is 5.76. The van der Waals surface area contributed by atoms with Crippen LogP contribution in [0.1, 0.15) is 39.2 Å². The summed E-state index contributed by atoms with van der Waals surface area (Å²) in [5.41, 5.74) is 3.64. The van der Waals surface area contributed by atoms with Crippen LogP contribution in [0.5, 0.6) is 0 Å². The normalized spacial score (nSPS) is 12.3. The first-order chi connectivity index (χ1) is 13.0. The maximum Gasteiger partial charge on any atom is 0.253 e. The predicted octanol–water partition coefficient (Wildman–Crippen LogP) is 3.17. The van der Waals surface area contributed by atoms with Crippen molar-refractivity contribution < 1.29 is 9.21 Å². The number of amides is 1. The third-order valence-corrected chi connectivity index (χ3v) is 4.82. The molecule has 0 aromatic carbocycles. The zero-order valence-electron chi connectivity index (χ0n) is 16.3. The molecule has 3 rings (SSSR count). The van der Waals surface area contributed by atoms with Crippen LogP contribution in [0.2, 0.25) is 0 Å². The van der Waals surface area contributed by atoms with E-state index in [0.717, 1.165) is 22.8 Å². The molecule has 0 radical (unpaired) electrons. The zero-order chi connectivity index (χ0) is 19.4. The number of aryl methyl sites for hydroxylation is 1. The summed E-state index contributed by atoms with van der Waals surface area (Å²) in [6.45, 7) is 5.11. The number of nitrogens with zero attached hydrogens (tertiary/aromatic N) is 3. The Hall–Kier alpha value is -2.86. The van der Waals surface area contributed by atoms with E-state index in [0.29, 0.717) is 18.7 Å². The van der Waals surface area contributed by atoms with Gasteiger partial charge in [0.25, 0.3) is 5.91 Å². The molecule has 3 aromatic rings. The summed E-state index contributed by atoms with van der Waals surface area (Å²) in [6, 6.07) is 11.6. The number of hydrogen-bond donors (Lipinski definition) is 1. The van der Waals surface area contributed by atoms with Crippen LogP contribution in [0.15, 0.2) is 53.3 Å². The van der Waals surface area contributed by atoms with Crippen molar-refractivity contribution in [3.63, 3.8) is 0 Å². The lowest BCUT2D eigenvalue weighted by molar-refractivity contribution is 0.0938. The largest absolute Gasteiger partial charge is 0.468 e. The van der Waals surface area contributed by atoms with E-state index in [1.807, 2.05) is 69.2 Å². The van der Waals surface area contributed by atoms with Gasteiger partial charge in [-0.05, 0) is 58.3 Å². The summed E-state index contributed by atoms with van der Waals surface area (Å²) in [6.07, 6.45) is 3.44. The number of carbonyl (C=O) groups excluding carboxylic acids is 1. The van der Waals surface area contributed by atoms with Crippen LogP contribution in [-0.4, -0.2) is 41.0 Å². The first-order valence-electron chi connectivity index (χ1n) is 9.02. The molecule has 3 aromatic heterocycles. The summed E-state index contributed by atoms with van der Waals surface area (Å²) in [5, 5.41) is 3.04. The molecule has 0 fully saturated rings. The lowest BCUT2D eigenvalue weighted by Crippen LogP contribution is -2.34. The van der Waals surface area contributed by atoms with Crippen molar-refractivity contribution in [3.8, 4) is 0 Å². The van der Waals surface area contributed by atoms with E-state index in [2.05, 4.69) is 14.9 Å². The molecule has 0 aliphatic carbocycles. The summed E-state index contributed by atoms with van der Waals surface area (Å²) in [5.74, 6) is 0.759. The van der Waals surface area contributed by atoms with Gasteiger partial charge in [0, 0.05) is 24.1 Å². The highest BCUT2D eigenvalue weighted by atomic mass is 16.3. The number of hydrogen-bond acceptors (Lipinski definition) is 4. The molecule has 6 nitrogen and oxygen atoms in total. The zero-order valence-corrected chi connectivity index (χ0v) is 16.3. The van der Waals surface area contributed by atoms with Crippen LogP contribution in [0.4, 0.5) is 0 Å². The second kappa shape index (κ2) is 8.22. The van der Waals surface area contributed by atoms with Gasteiger partial charge in [-0.2, -0.15) is 0 Å². The van der Waals surface area contributed by atoms with Gasteiger partial charge in [-0.1, -0.05) is 6.07 Å². The van der Waals surface area contributed by atoms with Crippen LogP contribution in [-0.2, 0) is 6.54 Å². The lowest BCUT2D eigenvalue weighted by Gasteiger charge is -2.22. The number of aromatic nitrogens is 2. The quantitative estimate of drug-likeness (QED) is 0.698. The molecule has 1 unspecified atom stereocenters. The second-order valence-corrected chi connectivity index (χ2v) is 6.90. The maximum atomic E-state index is 12.8. The predicted molar refractivity (Wildman–Crippen MR) is 105 cm³/mol. The topological polar surface area (TPSA) is 63.3 Å². The van der Waals surface area contributed by atoms with Gasteiger partial charge in [-0.15, -0.1) is 0 Å². The monoisotopic (exact) mass is 366 g/mol. The fourth-order valence-corrected chi connectivity index (χ4v) is 3.23. The van der Waals surface area contributed by atoms with Gasteiger partial charge < -0.3 is 14.3 Å². The number of furan rings is 1. The Labute approximate surface area is 159 Å². The summed E-state index contributed by atoms with van der Waals surface area (Å²) >= 11 is 0. The van der Waals surface area contributed by atoms with E-state index in [1.54, 1.807) is 12.5 Å². The van der Waals surface area contributed by atoms with Gasteiger partial charge in [0.2, 0.25) is 0 Å². The van der Waals surface area contributed by atoms with Crippen molar-refractivity contribution in [2.24, 2.45) is 0 Å². The third kappa shape index (κ3) is 4.28. The molecule has 0 bridgehead atoms. The van der Waals surface area contributed by atoms with E-state index < -0.39 is 0 Å². The van der Waals surface area contributed by atoms with Crippen molar-refractivity contribution >= 4 is 5.91 Å². The number of rotatable bonds is 7. The van der Waals surface area contributed by atoms with Crippen LogP contribution in [0, 0.1) is 13.8 Å². The number of carbonyl (C=O) groups is 1. The molecule has 1 N–H and O–H groups in total. The first kappa shape index (κ1) is 18.9. The van der Waals surface area contributed by atoms with Crippen molar-refractivity contribution in [1.82, 2.24) is 19.8 Å². The SMILES string of the molecule is Cc1cc(C(=O)NCC(c2ccco2)N(C)C)c(C)n1Cc1ccccn1. The second-order valence-electron chi connectivity index (χ2n) is 6.90. The smallest absolute Gasteiger partial charge is 0.253 e. The Balaban J connectivity index is 1.72. The van der Waals surface area contributed by atoms with E-state index in [9.17, 15) is 4.79 Å². The van der Waals surface area contributed by atoms with Crippen LogP contribution >= 0.6 is 0 Å². The Morgan fingerprint density at radius 1 is 1.26 bits per heavy atom. The maximum absolute atomic E-state index is 12.8. The molecule has 3 heterocycles. The summed E-state index contributed by atoms with van der Waals surface area (Å²) < 4.78 is 7.62. The summed E-state index contributed by atoms with van der Waals surface area (Å²) in [7, 11) is 3.94. The van der Waals surface area contributed by atoms with E-state index in [-0.39, 0.29) is 11.9 Å². The van der Waals surface area contributed by atoms with Gasteiger partial charge in [0.1, 0.15) is 5.76 Å². The Bertz CT molecular complexity index is 883. The van der Waals surface area contributed by atoms with Gasteiger partial charge in [0.15, 0.2) is 0 Å². The molecular formula is C21H26N4O2. The van der Waals surface area contributed by atoms with Crippen molar-refractivity contribution in [2.45, 2.75) is 26.4 Å². The van der Waals surface area contributed by atoms with E-state index in [1.165, 1.54) is 0 Å². The van der Waals surface area contributed by atoms with Crippen molar-refractivity contribution in [2.75, 3.05) is 20.6 Å². The lowest BCUT2D eigenvalue weighted by atomic mass is 10.2. The number of pyridine rings is 1. The average molecular weight is 366 g/mol. The number of nitrogens with one attached hydrogen (secondary N) is 1. The van der Waals surface area contributed by atoms with E-state index in [4.69, 9.17) is 4.42 Å². The fourth-order valence-electron chi connectivity index (χ4n) is 3.23. The van der Waals surface area contributed by atoms with Crippen LogP contribution < -0.4 is 5.32 Å². The van der Waals surface area contributed by atoms with Gasteiger partial charge in [0.05, 0.1) is 30.1 Å². The van der Waals surface area contributed by atoms with Gasteiger partial charge in [-0.25, -0.2) is 0 Å². The molecular weight excluding hydrogens is 340 g/mol. The minimum absolute atomic E-state index is 0.0130. The van der Waals surface area contributed by atoms with Crippen molar-refractivity contribution in [3.05, 3.63) is 77.3 Å². The molecule has 0 saturated heterocycles. The van der Waals surface area contributed by atoms with Crippen LogP contribution in [0.25, 0.3) is 0 Å². The minimum atomic E-state index is -0.0752. The first-order valence-corrected chi connectivity index (χ1v) is 9.02. The molecule has 1 atom stereocenters. The molecule has 0 spiro atoms. The molecule has 0 aliphatic heterocycles. The van der Waals surface area contributed by atoms with Gasteiger partial charge in [-0.3, -0.25) is 14.7 Å². The molecule has 142 valence electrons. The van der Waals surface area contributed by atoms with E-state index >= 15 is 0 Å². The molecule has 0 aliphatic rings. The molecule has 1 amide bonds. The highest BCUT2D eigenvalue weighted by Crippen LogP contribution is 2.19. The van der Waals surface area contributed by atoms with Gasteiger partial charge >= 0.3 is 0 Å². The molecule has 0 saturated carbocycles. The molecule has 6 heteroatoms. The Morgan fingerprint density at radius 3 is 2.70 bits per heavy atom. The standard InChI is InChI=1S/C21H26N4O2/c1-15-12-18(16(2)25(15)14-17-8-5-6-10-22-17)21(26)23-13-19(24(3)4)20-9-7-11-27-20/h5-12,19H,13-14H2,1-4H3,(H,23,26). The molecule has 27 heavy (non-hydrogen) atoms. The Morgan fingerprint density at radius 2 is 2.07 bits per heavy atom. The average Bonchev–Trinajstić information content (AvgIpc) is 3.26. The summed E-state index contributed by atoms with van der Waals surface area (Å²) in [4.78, 5) is 19.2. The van der Waals surface area contributed by atoms with Crippen molar-refractivity contribution in [1.29, 1.82) is 0 Å². The fraction of sp³-hybridized carbons (Fsp3) is 0.333. The third-order valence-electron chi connectivity index (χ3n) is 4.82. The highest BCUT2D eigenvalue weighted by molar-refractivity contribution is 5.95.